The van der Waals surface area contributed by atoms with E-state index in [1.54, 1.807) is 17.0 Å². The van der Waals surface area contributed by atoms with E-state index in [0.29, 0.717) is 18.5 Å². The maximum atomic E-state index is 12.4. The Morgan fingerprint density at radius 3 is 2.61 bits per heavy atom. The first-order chi connectivity index (χ1) is 8.50. The average molecular weight is 249 g/mol. The summed E-state index contributed by atoms with van der Waals surface area (Å²) in [5.74, 6) is -0.383. The van der Waals surface area contributed by atoms with Crippen LogP contribution in [0.4, 0.5) is 0 Å². The molecular weight excluding hydrogens is 230 g/mol. The molecule has 2 rings (SSSR count). The van der Waals surface area contributed by atoms with Gasteiger partial charge >= 0.3 is 0 Å². The van der Waals surface area contributed by atoms with Crippen LogP contribution in [0.5, 0.6) is 11.5 Å². The van der Waals surface area contributed by atoms with Crippen molar-refractivity contribution >= 4 is 5.91 Å². The molecule has 1 aromatic rings. The lowest BCUT2D eigenvalue weighted by atomic mass is 10.1. The fourth-order valence-corrected chi connectivity index (χ4v) is 2.04. The van der Waals surface area contributed by atoms with Crippen LogP contribution in [0.3, 0.4) is 0 Å². The van der Waals surface area contributed by atoms with Gasteiger partial charge in [0.25, 0.3) is 5.91 Å². The maximum absolute atomic E-state index is 12.4. The van der Waals surface area contributed by atoms with Gasteiger partial charge in [-0.3, -0.25) is 4.79 Å². The summed E-state index contributed by atoms with van der Waals surface area (Å²) in [5, 5.41) is 19.2. The molecule has 4 nitrogen and oxygen atoms in total. The fraction of sp³-hybridized carbons (Fsp3) is 0.500. The topological polar surface area (TPSA) is 60.8 Å². The fourth-order valence-electron chi connectivity index (χ4n) is 2.04. The number of hydrogen-bond acceptors (Lipinski definition) is 3. The Morgan fingerprint density at radius 2 is 2.06 bits per heavy atom. The van der Waals surface area contributed by atoms with Crippen molar-refractivity contribution in [3.8, 4) is 11.5 Å². The minimum atomic E-state index is -0.322. The number of carbonyl (C=O) groups is 1. The first-order valence-electron chi connectivity index (χ1n) is 6.32. The molecule has 0 unspecified atom stereocenters. The maximum Gasteiger partial charge on any atom is 0.258 e. The quantitative estimate of drug-likeness (QED) is 0.805. The highest BCUT2D eigenvalue weighted by atomic mass is 16.3. The van der Waals surface area contributed by atoms with Crippen molar-refractivity contribution in [1.82, 2.24) is 4.90 Å². The predicted molar refractivity (Wildman–Crippen MR) is 68.7 cm³/mol. The highest BCUT2D eigenvalue weighted by Crippen LogP contribution is 2.33. The highest BCUT2D eigenvalue weighted by molar-refractivity contribution is 5.98. The molecule has 0 bridgehead atoms. The van der Waals surface area contributed by atoms with Gasteiger partial charge < -0.3 is 15.1 Å². The number of nitrogens with zero attached hydrogens (tertiary/aromatic N) is 1. The van der Waals surface area contributed by atoms with E-state index < -0.39 is 0 Å². The van der Waals surface area contributed by atoms with E-state index in [1.165, 1.54) is 6.07 Å². The molecule has 98 valence electrons. The summed E-state index contributed by atoms with van der Waals surface area (Å²) in [6.07, 6.45) is 2.05. The molecule has 1 aromatic carbocycles. The minimum absolute atomic E-state index is 0.183. The van der Waals surface area contributed by atoms with Crippen molar-refractivity contribution in [2.75, 3.05) is 6.54 Å². The Balaban J connectivity index is 2.25. The molecule has 0 aromatic heterocycles. The third kappa shape index (κ3) is 2.58. The lowest BCUT2D eigenvalue weighted by molar-refractivity contribution is 0.0718. The molecule has 0 heterocycles. The summed E-state index contributed by atoms with van der Waals surface area (Å²) in [5.41, 5.74) is 0.183. The van der Waals surface area contributed by atoms with Gasteiger partial charge in [0.2, 0.25) is 0 Å². The van der Waals surface area contributed by atoms with Crippen molar-refractivity contribution < 1.29 is 15.0 Å². The number of benzene rings is 1. The molecule has 4 heteroatoms. The molecule has 1 aliphatic carbocycles. The van der Waals surface area contributed by atoms with Crippen molar-refractivity contribution in [3.63, 3.8) is 0 Å². The van der Waals surface area contributed by atoms with Gasteiger partial charge in [0.1, 0.15) is 0 Å². The van der Waals surface area contributed by atoms with Gasteiger partial charge in [0.05, 0.1) is 5.56 Å². The Bertz CT molecular complexity index is 452. The molecule has 0 saturated heterocycles. The van der Waals surface area contributed by atoms with E-state index in [4.69, 9.17) is 0 Å². The van der Waals surface area contributed by atoms with Gasteiger partial charge in [0, 0.05) is 12.6 Å². The normalized spacial score (nSPS) is 14.8. The minimum Gasteiger partial charge on any atom is -0.504 e. The molecule has 1 fully saturated rings. The van der Waals surface area contributed by atoms with E-state index in [2.05, 4.69) is 13.8 Å². The van der Waals surface area contributed by atoms with Crippen molar-refractivity contribution in [2.24, 2.45) is 5.92 Å². The summed E-state index contributed by atoms with van der Waals surface area (Å²) in [6, 6.07) is 4.79. The second-order valence-corrected chi connectivity index (χ2v) is 5.26. The number of hydrogen-bond donors (Lipinski definition) is 2. The van der Waals surface area contributed by atoms with Gasteiger partial charge in [-0.15, -0.1) is 0 Å². The number of aromatic hydroxyl groups is 2. The Hall–Kier alpha value is -1.71. The smallest absolute Gasteiger partial charge is 0.258 e. The van der Waals surface area contributed by atoms with Crippen molar-refractivity contribution in [3.05, 3.63) is 23.8 Å². The Labute approximate surface area is 107 Å². The summed E-state index contributed by atoms with van der Waals surface area (Å²) in [6.45, 7) is 4.80. The van der Waals surface area contributed by atoms with Gasteiger partial charge in [-0.05, 0) is 30.9 Å². The summed E-state index contributed by atoms with van der Waals surface area (Å²) < 4.78 is 0. The largest absolute Gasteiger partial charge is 0.504 e. The van der Waals surface area contributed by atoms with Crippen LogP contribution in [-0.2, 0) is 0 Å². The number of phenolic OH excluding ortho intramolecular Hbond substituents is 2. The number of amides is 1. The van der Waals surface area contributed by atoms with Gasteiger partial charge in [0.15, 0.2) is 11.5 Å². The monoisotopic (exact) mass is 249 g/mol. The highest BCUT2D eigenvalue weighted by Gasteiger charge is 2.34. The van der Waals surface area contributed by atoms with Gasteiger partial charge in [-0.2, -0.15) is 0 Å². The summed E-state index contributed by atoms with van der Waals surface area (Å²) >= 11 is 0. The van der Waals surface area contributed by atoms with Crippen LogP contribution in [0.2, 0.25) is 0 Å². The SMILES string of the molecule is CC(C)CN(C(=O)c1cccc(O)c1O)C1CC1. The van der Waals surface area contributed by atoms with Crippen LogP contribution in [0.1, 0.15) is 37.0 Å². The Kier molecular flexibility index (Phi) is 3.45. The van der Waals surface area contributed by atoms with E-state index in [9.17, 15) is 15.0 Å². The number of carbonyl (C=O) groups excluding carboxylic acids is 1. The lowest BCUT2D eigenvalue weighted by Crippen LogP contribution is -2.36. The molecule has 0 spiro atoms. The average Bonchev–Trinajstić information content (AvgIpc) is 3.12. The van der Waals surface area contributed by atoms with Crippen LogP contribution >= 0.6 is 0 Å². The molecule has 0 aliphatic heterocycles. The van der Waals surface area contributed by atoms with Crippen molar-refractivity contribution in [1.29, 1.82) is 0 Å². The standard InChI is InChI=1S/C14H19NO3/c1-9(2)8-15(10-6-7-10)14(18)11-4-3-5-12(16)13(11)17/h3-5,9-10,16-17H,6-8H2,1-2H3. The number of phenols is 2. The summed E-state index contributed by atoms with van der Waals surface area (Å²) in [4.78, 5) is 14.2. The zero-order chi connectivity index (χ0) is 13.3. The van der Waals surface area contributed by atoms with Gasteiger partial charge in [-0.25, -0.2) is 0 Å². The van der Waals surface area contributed by atoms with E-state index in [1.807, 2.05) is 0 Å². The number of para-hydroxylation sites is 1. The van der Waals surface area contributed by atoms with Crippen LogP contribution in [-0.4, -0.2) is 33.6 Å². The van der Waals surface area contributed by atoms with E-state index in [-0.39, 0.29) is 23.0 Å². The lowest BCUT2D eigenvalue weighted by Gasteiger charge is -2.24. The molecule has 2 N–H and O–H groups in total. The molecule has 0 atom stereocenters. The van der Waals surface area contributed by atoms with E-state index in [0.717, 1.165) is 12.8 Å². The molecule has 1 aliphatic rings. The first kappa shape index (κ1) is 12.7. The number of rotatable bonds is 4. The molecule has 1 amide bonds. The zero-order valence-corrected chi connectivity index (χ0v) is 10.8. The zero-order valence-electron chi connectivity index (χ0n) is 10.8. The van der Waals surface area contributed by atoms with Crippen molar-refractivity contribution in [2.45, 2.75) is 32.7 Å². The van der Waals surface area contributed by atoms with Crippen LogP contribution in [0, 0.1) is 5.92 Å². The van der Waals surface area contributed by atoms with Crippen LogP contribution in [0.15, 0.2) is 18.2 Å². The second kappa shape index (κ2) is 4.88. The molecule has 0 radical (unpaired) electrons. The van der Waals surface area contributed by atoms with E-state index >= 15 is 0 Å². The van der Waals surface area contributed by atoms with Crippen LogP contribution < -0.4 is 0 Å². The van der Waals surface area contributed by atoms with Gasteiger partial charge in [-0.1, -0.05) is 19.9 Å². The second-order valence-electron chi connectivity index (χ2n) is 5.26. The predicted octanol–water partition coefficient (Wildman–Crippen LogP) is 2.36. The summed E-state index contributed by atoms with van der Waals surface area (Å²) in [7, 11) is 0. The first-order valence-corrected chi connectivity index (χ1v) is 6.32. The third-order valence-corrected chi connectivity index (χ3v) is 3.06. The Morgan fingerprint density at radius 1 is 1.39 bits per heavy atom. The third-order valence-electron chi connectivity index (χ3n) is 3.06. The molecular formula is C14H19NO3. The molecule has 18 heavy (non-hydrogen) atoms. The molecule has 1 saturated carbocycles. The van der Waals surface area contributed by atoms with Crippen LogP contribution in [0.25, 0.3) is 0 Å².